The van der Waals surface area contributed by atoms with E-state index in [0.717, 1.165) is 13.1 Å². The number of aromatic nitrogens is 1. The van der Waals surface area contributed by atoms with Gasteiger partial charge in [-0.25, -0.2) is 13.1 Å². The molecule has 0 atom stereocenters. The van der Waals surface area contributed by atoms with Gasteiger partial charge in [0.2, 0.25) is 10.0 Å². The maximum atomic E-state index is 12.2. The normalized spacial score (nSPS) is 17.3. The average Bonchev–Trinajstić information content (AvgIpc) is 2.68. The van der Waals surface area contributed by atoms with Crippen molar-refractivity contribution in [2.24, 2.45) is 12.8 Å². The van der Waals surface area contributed by atoms with E-state index >= 15 is 0 Å². The quantitative estimate of drug-likeness (QED) is 0.783. The smallest absolute Gasteiger partial charge is 0.265 e. The van der Waals surface area contributed by atoms with E-state index in [1.165, 1.54) is 42.5 Å². The van der Waals surface area contributed by atoms with Gasteiger partial charge >= 0.3 is 0 Å². The third-order valence-electron chi connectivity index (χ3n) is 3.96. The first-order valence-corrected chi connectivity index (χ1v) is 9.06. The predicted molar refractivity (Wildman–Crippen MR) is 84.0 cm³/mol. The topological polar surface area (TPSA) is 97.4 Å². The standard InChI is InChI=1S/C14H24N4O3S/c1-17-11-12(10-13(17)14(15)19)22(20,21)16-6-9-18-7-4-2-3-5-8-18/h10-11,16H,2-9H2,1H3,(H2,15,19). The van der Waals surface area contributed by atoms with Crippen LogP contribution in [0.3, 0.4) is 0 Å². The first kappa shape index (κ1) is 17.0. The molecule has 0 radical (unpaired) electrons. The molecule has 0 bridgehead atoms. The largest absolute Gasteiger partial charge is 0.364 e. The molecule has 0 aliphatic carbocycles. The number of carbonyl (C=O) groups excluding carboxylic acids is 1. The van der Waals surface area contributed by atoms with Gasteiger partial charge < -0.3 is 15.2 Å². The molecule has 2 heterocycles. The van der Waals surface area contributed by atoms with Crippen molar-refractivity contribution in [2.75, 3.05) is 26.2 Å². The number of hydrogen-bond acceptors (Lipinski definition) is 4. The van der Waals surface area contributed by atoms with E-state index in [1.54, 1.807) is 7.05 Å². The van der Waals surface area contributed by atoms with Gasteiger partial charge in [-0.2, -0.15) is 0 Å². The summed E-state index contributed by atoms with van der Waals surface area (Å²) in [6.07, 6.45) is 6.25. The van der Waals surface area contributed by atoms with Crippen LogP contribution >= 0.6 is 0 Å². The van der Waals surface area contributed by atoms with Gasteiger partial charge in [0.05, 0.1) is 0 Å². The number of amides is 1. The van der Waals surface area contributed by atoms with Crippen LogP contribution in [0.15, 0.2) is 17.2 Å². The number of nitrogens with two attached hydrogens (primary N) is 1. The summed E-state index contributed by atoms with van der Waals surface area (Å²) in [5.74, 6) is -0.645. The summed E-state index contributed by atoms with van der Waals surface area (Å²) in [4.78, 5) is 13.6. The van der Waals surface area contributed by atoms with Crippen LogP contribution in [0.25, 0.3) is 0 Å². The molecule has 22 heavy (non-hydrogen) atoms. The molecule has 3 N–H and O–H groups in total. The van der Waals surface area contributed by atoms with Crippen LogP contribution in [0.5, 0.6) is 0 Å². The molecule has 1 aromatic heterocycles. The number of aryl methyl sites for hydroxylation is 1. The van der Waals surface area contributed by atoms with Crippen molar-refractivity contribution in [3.05, 3.63) is 18.0 Å². The zero-order valence-corrected chi connectivity index (χ0v) is 13.7. The van der Waals surface area contributed by atoms with Crippen molar-refractivity contribution >= 4 is 15.9 Å². The minimum absolute atomic E-state index is 0.0691. The summed E-state index contributed by atoms with van der Waals surface area (Å²) in [7, 11) is -2.02. The Morgan fingerprint density at radius 2 is 1.91 bits per heavy atom. The molecule has 7 nitrogen and oxygen atoms in total. The fourth-order valence-electron chi connectivity index (χ4n) is 2.71. The van der Waals surface area contributed by atoms with Gasteiger partial charge in [-0.1, -0.05) is 12.8 Å². The van der Waals surface area contributed by atoms with E-state index < -0.39 is 15.9 Å². The highest BCUT2D eigenvalue weighted by molar-refractivity contribution is 7.89. The number of rotatable bonds is 6. The molecule has 0 aromatic carbocycles. The Bertz CT molecular complexity index is 616. The van der Waals surface area contributed by atoms with Crippen LogP contribution in [0.1, 0.15) is 36.2 Å². The van der Waals surface area contributed by atoms with E-state index in [0.29, 0.717) is 13.1 Å². The third-order valence-corrected chi connectivity index (χ3v) is 5.39. The van der Waals surface area contributed by atoms with Crippen molar-refractivity contribution in [1.29, 1.82) is 0 Å². The summed E-state index contributed by atoms with van der Waals surface area (Å²) >= 11 is 0. The molecule has 1 aliphatic rings. The molecule has 1 aliphatic heterocycles. The number of likely N-dealkylation sites (tertiary alicyclic amines) is 1. The number of hydrogen-bond donors (Lipinski definition) is 2. The number of carbonyl (C=O) groups is 1. The lowest BCUT2D eigenvalue weighted by atomic mass is 10.2. The maximum Gasteiger partial charge on any atom is 0.265 e. The second kappa shape index (κ2) is 7.26. The van der Waals surface area contributed by atoms with Crippen LogP contribution < -0.4 is 10.5 Å². The van der Waals surface area contributed by atoms with Crippen LogP contribution in [0, 0.1) is 0 Å². The van der Waals surface area contributed by atoms with Gasteiger partial charge in [0.25, 0.3) is 5.91 Å². The van der Waals surface area contributed by atoms with E-state index in [-0.39, 0.29) is 10.6 Å². The van der Waals surface area contributed by atoms with E-state index in [2.05, 4.69) is 9.62 Å². The molecule has 0 spiro atoms. The minimum Gasteiger partial charge on any atom is -0.364 e. The van der Waals surface area contributed by atoms with Crippen LogP contribution in [-0.2, 0) is 17.1 Å². The van der Waals surface area contributed by atoms with Gasteiger partial charge in [0, 0.05) is 26.3 Å². The van der Waals surface area contributed by atoms with Crippen molar-refractivity contribution < 1.29 is 13.2 Å². The zero-order valence-electron chi connectivity index (χ0n) is 12.9. The van der Waals surface area contributed by atoms with Crippen LogP contribution in [0.2, 0.25) is 0 Å². The monoisotopic (exact) mass is 328 g/mol. The first-order chi connectivity index (χ1) is 10.4. The Labute approximate surface area is 131 Å². The van der Waals surface area contributed by atoms with E-state index in [4.69, 9.17) is 5.73 Å². The predicted octanol–water partition coefficient (Wildman–Crippen LogP) is 0.278. The number of nitrogens with zero attached hydrogens (tertiary/aromatic N) is 2. The highest BCUT2D eigenvalue weighted by Gasteiger charge is 2.19. The summed E-state index contributed by atoms with van der Waals surface area (Å²) in [6.45, 7) is 3.12. The Morgan fingerprint density at radius 3 is 2.45 bits per heavy atom. The van der Waals surface area contributed by atoms with Gasteiger partial charge in [-0.15, -0.1) is 0 Å². The second-order valence-electron chi connectivity index (χ2n) is 5.69. The Balaban J connectivity index is 1.93. The maximum absolute atomic E-state index is 12.2. The molecule has 1 saturated heterocycles. The molecule has 124 valence electrons. The van der Waals surface area contributed by atoms with Crippen molar-refractivity contribution in [1.82, 2.24) is 14.2 Å². The zero-order chi connectivity index (χ0) is 16.2. The molecule has 1 amide bonds. The molecule has 2 rings (SSSR count). The Kier molecular flexibility index (Phi) is 5.60. The van der Waals surface area contributed by atoms with E-state index in [1.807, 2.05) is 0 Å². The van der Waals surface area contributed by atoms with Gasteiger partial charge in [0.15, 0.2) is 0 Å². The fraction of sp³-hybridized carbons (Fsp3) is 0.643. The minimum atomic E-state index is -3.61. The average molecular weight is 328 g/mol. The SMILES string of the molecule is Cn1cc(S(=O)(=O)NCCN2CCCCCC2)cc1C(N)=O. The van der Waals surface area contributed by atoms with E-state index in [9.17, 15) is 13.2 Å². The highest BCUT2D eigenvalue weighted by atomic mass is 32.2. The molecule has 8 heteroatoms. The fourth-order valence-corrected chi connectivity index (χ4v) is 3.80. The summed E-state index contributed by atoms with van der Waals surface area (Å²) < 4.78 is 28.5. The molecule has 0 unspecified atom stereocenters. The van der Waals surface area contributed by atoms with Crippen molar-refractivity contribution in [2.45, 2.75) is 30.6 Å². The molecule has 1 fully saturated rings. The van der Waals surface area contributed by atoms with Gasteiger partial charge in [0.1, 0.15) is 10.6 Å². The highest BCUT2D eigenvalue weighted by Crippen LogP contribution is 2.13. The van der Waals surface area contributed by atoms with Crippen molar-refractivity contribution in [3.8, 4) is 0 Å². The number of nitrogens with one attached hydrogen (secondary N) is 1. The Hall–Kier alpha value is -1.38. The molecule has 1 aromatic rings. The van der Waals surface area contributed by atoms with Gasteiger partial charge in [-0.3, -0.25) is 4.79 Å². The van der Waals surface area contributed by atoms with Gasteiger partial charge in [-0.05, 0) is 32.0 Å². The summed E-state index contributed by atoms with van der Waals surface area (Å²) in [5.41, 5.74) is 5.38. The Morgan fingerprint density at radius 1 is 1.27 bits per heavy atom. The molecule has 0 saturated carbocycles. The lowest BCUT2D eigenvalue weighted by molar-refractivity contribution is 0.0992. The van der Waals surface area contributed by atoms with Crippen LogP contribution in [0.4, 0.5) is 0 Å². The third kappa shape index (κ3) is 4.31. The lowest BCUT2D eigenvalue weighted by Crippen LogP contribution is -2.35. The first-order valence-electron chi connectivity index (χ1n) is 7.58. The summed E-state index contributed by atoms with van der Waals surface area (Å²) in [5, 5.41) is 0. The molecular weight excluding hydrogens is 304 g/mol. The molecular formula is C14H24N4O3S. The van der Waals surface area contributed by atoms with Crippen LogP contribution in [-0.4, -0.2) is 50.0 Å². The number of primary amides is 1. The van der Waals surface area contributed by atoms with Crippen molar-refractivity contribution in [3.63, 3.8) is 0 Å². The number of sulfonamides is 1. The summed E-state index contributed by atoms with van der Waals surface area (Å²) in [6, 6.07) is 1.30. The second-order valence-corrected chi connectivity index (χ2v) is 7.46. The lowest BCUT2D eigenvalue weighted by Gasteiger charge is -2.19.